The second-order valence-corrected chi connectivity index (χ2v) is 7.23. The van der Waals surface area contributed by atoms with E-state index in [9.17, 15) is 9.18 Å². The summed E-state index contributed by atoms with van der Waals surface area (Å²) in [7, 11) is 0. The number of nitrogens with one attached hydrogen (secondary N) is 1. The number of likely N-dealkylation sites (tertiary alicyclic amines) is 2. The molecule has 2 saturated heterocycles. The number of benzene rings is 1. The van der Waals surface area contributed by atoms with Crippen molar-refractivity contribution in [2.75, 3.05) is 19.6 Å². The zero-order valence-corrected chi connectivity index (χ0v) is 14.3. The van der Waals surface area contributed by atoms with Crippen molar-refractivity contribution in [3.8, 4) is 0 Å². The van der Waals surface area contributed by atoms with E-state index >= 15 is 0 Å². The van der Waals surface area contributed by atoms with Gasteiger partial charge in [-0.05, 0) is 44.9 Å². The monoisotopic (exact) mass is 329 g/mol. The number of carbonyl (C=O) groups is 1. The van der Waals surface area contributed by atoms with Crippen LogP contribution < -0.4 is 0 Å². The number of halogens is 1. The first-order valence-electron chi connectivity index (χ1n) is 8.88. The van der Waals surface area contributed by atoms with E-state index < -0.39 is 0 Å². The maximum Gasteiger partial charge on any atom is 0.270 e. The molecule has 3 heterocycles. The van der Waals surface area contributed by atoms with Crippen LogP contribution >= 0.6 is 0 Å². The minimum Gasteiger partial charge on any atom is -0.348 e. The van der Waals surface area contributed by atoms with Crippen LogP contribution in [0, 0.1) is 12.7 Å². The van der Waals surface area contributed by atoms with Gasteiger partial charge in [0.05, 0.1) is 5.52 Å². The highest BCUT2D eigenvalue weighted by Crippen LogP contribution is 2.28. The molecule has 0 spiro atoms. The second kappa shape index (κ2) is 5.88. The molecule has 2 aliphatic heterocycles. The van der Waals surface area contributed by atoms with Crippen LogP contribution in [0.3, 0.4) is 0 Å². The lowest BCUT2D eigenvalue weighted by Crippen LogP contribution is -2.63. The summed E-state index contributed by atoms with van der Waals surface area (Å²) in [6, 6.07) is 6.05. The first kappa shape index (κ1) is 15.6. The average molecular weight is 329 g/mol. The number of hydrogen-bond acceptors (Lipinski definition) is 2. The summed E-state index contributed by atoms with van der Waals surface area (Å²) in [4.78, 5) is 20.2. The second-order valence-electron chi connectivity index (χ2n) is 7.23. The van der Waals surface area contributed by atoms with Gasteiger partial charge in [-0.1, -0.05) is 18.6 Å². The zero-order valence-electron chi connectivity index (χ0n) is 14.3. The quantitative estimate of drug-likeness (QED) is 0.918. The molecule has 1 unspecified atom stereocenters. The fourth-order valence-corrected chi connectivity index (χ4v) is 4.18. The smallest absolute Gasteiger partial charge is 0.270 e. The molecule has 128 valence electrons. The molecule has 2 fully saturated rings. The first-order valence-corrected chi connectivity index (χ1v) is 8.88. The van der Waals surface area contributed by atoms with Crippen LogP contribution in [0.15, 0.2) is 18.2 Å². The molecule has 1 aromatic carbocycles. The molecule has 0 saturated carbocycles. The standard InChI is InChI=1S/C19H24FN3O/c1-12-6-3-4-9-23(12)14-10-22(11-14)19(24)17-13(2)15-7-5-8-16(20)18(15)21-17/h5,7-8,12,14,21H,3-4,6,9-11H2,1-2H3. The largest absolute Gasteiger partial charge is 0.348 e. The third kappa shape index (κ3) is 2.42. The number of para-hydroxylation sites is 1. The van der Waals surface area contributed by atoms with Crippen LogP contribution in [-0.4, -0.2) is 52.4 Å². The predicted octanol–water partition coefficient (Wildman–Crippen LogP) is 3.31. The number of carbonyl (C=O) groups excluding carboxylic acids is 1. The molecule has 5 heteroatoms. The summed E-state index contributed by atoms with van der Waals surface area (Å²) >= 11 is 0. The van der Waals surface area contributed by atoms with Crippen molar-refractivity contribution < 1.29 is 9.18 Å². The molecule has 24 heavy (non-hydrogen) atoms. The molecular weight excluding hydrogens is 305 g/mol. The van der Waals surface area contributed by atoms with Crippen molar-refractivity contribution in [2.45, 2.75) is 45.2 Å². The maximum atomic E-state index is 13.9. The summed E-state index contributed by atoms with van der Waals surface area (Å²) in [6.07, 6.45) is 3.83. The SMILES string of the molecule is Cc1c(C(=O)N2CC(N3CCCCC3C)C2)[nH]c2c(F)cccc12. The molecule has 0 bridgehead atoms. The number of aromatic amines is 1. The minimum absolute atomic E-state index is 0.0102. The fraction of sp³-hybridized carbons (Fsp3) is 0.526. The van der Waals surface area contributed by atoms with E-state index in [0.29, 0.717) is 23.3 Å². The van der Waals surface area contributed by atoms with E-state index in [2.05, 4.69) is 16.8 Å². The van der Waals surface area contributed by atoms with Crippen LogP contribution in [0.1, 0.15) is 42.2 Å². The van der Waals surface area contributed by atoms with Crippen LogP contribution in [-0.2, 0) is 0 Å². The van der Waals surface area contributed by atoms with Gasteiger partial charge in [-0.2, -0.15) is 0 Å². The number of nitrogens with zero attached hydrogens (tertiary/aromatic N) is 2. The van der Waals surface area contributed by atoms with E-state index in [4.69, 9.17) is 0 Å². The first-order chi connectivity index (χ1) is 11.6. The predicted molar refractivity (Wildman–Crippen MR) is 92.7 cm³/mol. The van der Waals surface area contributed by atoms with Gasteiger partial charge in [0, 0.05) is 30.6 Å². The third-order valence-corrected chi connectivity index (χ3v) is 5.73. The van der Waals surface area contributed by atoms with Gasteiger partial charge in [-0.3, -0.25) is 9.69 Å². The topological polar surface area (TPSA) is 39.3 Å². The van der Waals surface area contributed by atoms with Gasteiger partial charge in [0.1, 0.15) is 11.5 Å². The van der Waals surface area contributed by atoms with Crippen molar-refractivity contribution in [2.24, 2.45) is 0 Å². The molecule has 4 nitrogen and oxygen atoms in total. The van der Waals surface area contributed by atoms with Gasteiger partial charge in [0.25, 0.3) is 5.91 Å². The number of rotatable bonds is 2. The normalized spacial score (nSPS) is 22.8. The number of amides is 1. The van der Waals surface area contributed by atoms with Gasteiger partial charge in [-0.25, -0.2) is 4.39 Å². The van der Waals surface area contributed by atoms with E-state index in [1.165, 1.54) is 25.3 Å². The van der Waals surface area contributed by atoms with E-state index in [0.717, 1.165) is 30.6 Å². The molecule has 4 rings (SSSR count). The zero-order chi connectivity index (χ0) is 16.8. The molecule has 2 aromatic rings. The summed E-state index contributed by atoms with van der Waals surface area (Å²) in [5.74, 6) is -0.317. The lowest BCUT2D eigenvalue weighted by molar-refractivity contribution is 0.00182. The number of hydrogen-bond donors (Lipinski definition) is 1. The van der Waals surface area contributed by atoms with Gasteiger partial charge in [-0.15, -0.1) is 0 Å². The van der Waals surface area contributed by atoms with Crippen LogP contribution in [0.4, 0.5) is 4.39 Å². The van der Waals surface area contributed by atoms with Crippen LogP contribution in [0.2, 0.25) is 0 Å². The highest BCUT2D eigenvalue weighted by molar-refractivity contribution is 6.01. The molecule has 1 atom stereocenters. The third-order valence-electron chi connectivity index (χ3n) is 5.73. The van der Waals surface area contributed by atoms with Crippen LogP contribution in [0.5, 0.6) is 0 Å². The van der Waals surface area contributed by atoms with Crippen LogP contribution in [0.25, 0.3) is 10.9 Å². The highest BCUT2D eigenvalue weighted by Gasteiger charge is 2.38. The lowest BCUT2D eigenvalue weighted by atomic mass is 9.97. The maximum absolute atomic E-state index is 13.9. The molecule has 2 aliphatic rings. The fourth-order valence-electron chi connectivity index (χ4n) is 4.18. The Morgan fingerprint density at radius 3 is 2.79 bits per heavy atom. The summed E-state index contributed by atoms with van der Waals surface area (Å²) in [5.41, 5.74) is 1.80. The lowest BCUT2D eigenvalue weighted by Gasteiger charge is -2.49. The Hall–Kier alpha value is -1.88. The summed E-state index contributed by atoms with van der Waals surface area (Å²) in [5, 5.41) is 0.792. The molecule has 0 aliphatic carbocycles. The van der Waals surface area contributed by atoms with Gasteiger partial charge in [0.15, 0.2) is 0 Å². The summed E-state index contributed by atoms with van der Waals surface area (Å²) < 4.78 is 13.9. The summed E-state index contributed by atoms with van der Waals surface area (Å²) in [6.45, 7) is 6.87. The molecule has 1 N–H and O–H groups in total. The number of fused-ring (bicyclic) bond motifs is 1. The molecule has 0 radical (unpaired) electrons. The van der Waals surface area contributed by atoms with Crippen molar-refractivity contribution in [1.29, 1.82) is 0 Å². The van der Waals surface area contributed by atoms with E-state index in [1.54, 1.807) is 6.07 Å². The van der Waals surface area contributed by atoms with Crippen molar-refractivity contribution in [1.82, 2.24) is 14.8 Å². The minimum atomic E-state index is -0.307. The average Bonchev–Trinajstić information content (AvgIpc) is 2.86. The Labute approximate surface area is 141 Å². The van der Waals surface area contributed by atoms with Gasteiger partial charge < -0.3 is 9.88 Å². The molecular formula is C19H24FN3O. The molecule has 1 amide bonds. The Balaban J connectivity index is 1.50. The van der Waals surface area contributed by atoms with E-state index in [1.807, 2.05) is 17.9 Å². The number of piperidine rings is 1. The Kier molecular flexibility index (Phi) is 3.83. The van der Waals surface area contributed by atoms with Crippen molar-refractivity contribution in [3.05, 3.63) is 35.3 Å². The number of aromatic nitrogens is 1. The highest BCUT2D eigenvalue weighted by atomic mass is 19.1. The van der Waals surface area contributed by atoms with Gasteiger partial charge >= 0.3 is 0 Å². The number of H-pyrrole nitrogens is 1. The van der Waals surface area contributed by atoms with E-state index in [-0.39, 0.29) is 11.7 Å². The molecule has 1 aromatic heterocycles. The number of aryl methyl sites for hydroxylation is 1. The van der Waals surface area contributed by atoms with Crippen molar-refractivity contribution in [3.63, 3.8) is 0 Å². The Morgan fingerprint density at radius 1 is 1.29 bits per heavy atom. The van der Waals surface area contributed by atoms with Gasteiger partial charge in [0.2, 0.25) is 0 Å². The Bertz CT molecular complexity index is 778. The Morgan fingerprint density at radius 2 is 2.08 bits per heavy atom. The van der Waals surface area contributed by atoms with Crippen molar-refractivity contribution >= 4 is 16.8 Å².